The third-order valence-corrected chi connectivity index (χ3v) is 3.12. The molecule has 7 heteroatoms. The maximum atomic E-state index is 11.5. The lowest BCUT2D eigenvalue weighted by atomic mass is 10.2. The van der Waals surface area contributed by atoms with Gasteiger partial charge in [-0.3, -0.25) is 9.69 Å². The van der Waals surface area contributed by atoms with Gasteiger partial charge in [-0.2, -0.15) is 0 Å². The van der Waals surface area contributed by atoms with E-state index in [-0.39, 0.29) is 36.8 Å². The van der Waals surface area contributed by atoms with E-state index in [1.807, 2.05) is 6.92 Å². The fourth-order valence-corrected chi connectivity index (χ4v) is 2.23. The number of nitrogens with two attached hydrogens (primary N) is 1. The zero-order valence-electron chi connectivity index (χ0n) is 11.8. The van der Waals surface area contributed by atoms with Crippen molar-refractivity contribution in [2.75, 3.05) is 33.4 Å². The van der Waals surface area contributed by atoms with Gasteiger partial charge < -0.3 is 15.8 Å². The average Bonchev–Trinajstić information content (AvgIpc) is 2.70. The topological polar surface area (TPSA) is 67.6 Å². The Morgan fingerprint density at radius 3 is 2.79 bits per heavy atom. The lowest BCUT2D eigenvalue weighted by molar-refractivity contribution is -0.121. The van der Waals surface area contributed by atoms with E-state index >= 15 is 0 Å². The van der Waals surface area contributed by atoms with Gasteiger partial charge in [0, 0.05) is 38.7 Å². The van der Waals surface area contributed by atoms with Crippen LogP contribution in [0.2, 0.25) is 0 Å². The Hall–Kier alpha value is -0.0700. The predicted octanol–water partition coefficient (Wildman–Crippen LogP) is 0.794. The Balaban J connectivity index is 0. The number of carbonyl (C=O) groups excluding carboxylic acids is 1. The van der Waals surface area contributed by atoms with Crippen molar-refractivity contribution in [3.05, 3.63) is 0 Å². The van der Waals surface area contributed by atoms with Crippen LogP contribution in [0.3, 0.4) is 0 Å². The second kappa shape index (κ2) is 11.7. The van der Waals surface area contributed by atoms with E-state index < -0.39 is 0 Å². The number of hydrogen-bond acceptors (Lipinski definition) is 4. The molecule has 1 saturated heterocycles. The summed E-state index contributed by atoms with van der Waals surface area (Å²) in [6.45, 7) is 5.39. The summed E-state index contributed by atoms with van der Waals surface area (Å²) in [7, 11) is 1.72. The number of nitrogens with one attached hydrogen (secondary N) is 1. The van der Waals surface area contributed by atoms with Crippen molar-refractivity contribution in [3.63, 3.8) is 0 Å². The van der Waals surface area contributed by atoms with Crippen molar-refractivity contribution in [1.29, 1.82) is 0 Å². The lowest BCUT2D eigenvalue weighted by Crippen LogP contribution is -2.42. The van der Waals surface area contributed by atoms with E-state index in [9.17, 15) is 4.79 Å². The fourth-order valence-electron chi connectivity index (χ4n) is 2.23. The number of halogens is 2. The molecular formula is C12H27Cl2N3O2. The van der Waals surface area contributed by atoms with E-state index in [4.69, 9.17) is 10.5 Å². The molecule has 1 rings (SSSR count). The number of nitrogens with zero attached hydrogens (tertiary/aromatic N) is 1. The van der Waals surface area contributed by atoms with Crippen LogP contribution in [0.15, 0.2) is 0 Å². The molecule has 1 aliphatic rings. The molecule has 2 atom stereocenters. The van der Waals surface area contributed by atoms with Gasteiger partial charge in [0.2, 0.25) is 5.91 Å². The highest BCUT2D eigenvalue weighted by molar-refractivity contribution is 5.85. The number of rotatable bonds is 7. The second-order valence-electron chi connectivity index (χ2n) is 4.81. The maximum absolute atomic E-state index is 11.5. The minimum Gasteiger partial charge on any atom is -0.383 e. The lowest BCUT2D eigenvalue weighted by Gasteiger charge is -2.24. The Kier molecular flexibility index (Phi) is 13.1. The quantitative estimate of drug-likeness (QED) is 0.729. The Morgan fingerprint density at radius 1 is 1.53 bits per heavy atom. The minimum absolute atomic E-state index is 0. The van der Waals surface area contributed by atoms with Crippen molar-refractivity contribution in [3.8, 4) is 0 Å². The second-order valence-corrected chi connectivity index (χ2v) is 4.81. The molecule has 0 aromatic rings. The van der Waals surface area contributed by atoms with E-state index in [1.165, 1.54) is 6.42 Å². The van der Waals surface area contributed by atoms with Crippen LogP contribution in [0.4, 0.5) is 0 Å². The van der Waals surface area contributed by atoms with Gasteiger partial charge in [-0.25, -0.2) is 0 Å². The average molecular weight is 316 g/mol. The number of amides is 1. The Bertz CT molecular complexity index is 243. The number of carbonyl (C=O) groups is 1. The van der Waals surface area contributed by atoms with Crippen LogP contribution in [0.25, 0.3) is 0 Å². The predicted molar refractivity (Wildman–Crippen MR) is 82.2 cm³/mol. The van der Waals surface area contributed by atoms with Crippen LogP contribution >= 0.6 is 24.8 Å². The van der Waals surface area contributed by atoms with Gasteiger partial charge in [0.25, 0.3) is 0 Å². The van der Waals surface area contributed by atoms with Crippen molar-refractivity contribution in [2.24, 2.45) is 5.73 Å². The van der Waals surface area contributed by atoms with E-state index in [1.54, 1.807) is 7.11 Å². The molecule has 0 aliphatic carbocycles. The van der Waals surface area contributed by atoms with Gasteiger partial charge in [0.1, 0.15) is 0 Å². The first-order valence-corrected chi connectivity index (χ1v) is 6.38. The molecule has 0 saturated carbocycles. The summed E-state index contributed by atoms with van der Waals surface area (Å²) in [5, 5.41) is 2.96. The normalized spacial score (nSPS) is 20.3. The summed E-state index contributed by atoms with van der Waals surface area (Å²) in [4.78, 5) is 13.9. The molecule has 0 radical (unpaired) electrons. The third kappa shape index (κ3) is 8.65. The first-order valence-electron chi connectivity index (χ1n) is 6.38. The van der Waals surface area contributed by atoms with Crippen LogP contribution in [-0.4, -0.2) is 56.2 Å². The molecule has 19 heavy (non-hydrogen) atoms. The molecule has 116 valence electrons. The molecular weight excluding hydrogens is 289 g/mol. The van der Waals surface area contributed by atoms with Gasteiger partial charge >= 0.3 is 0 Å². The van der Waals surface area contributed by atoms with Crippen LogP contribution < -0.4 is 11.1 Å². The van der Waals surface area contributed by atoms with Crippen molar-refractivity contribution >= 4 is 30.7 Å². The zero-order chi connectivity index (χ0) is 12.7. The largest absolute Gasteiger partial charge is 0.383 e. The van der Waals surface area contributed by atoms with Gasteiger partial charge in [-0.05, 0) is 26.3 Å². The van der Waals surface area contributed by atoms with Crippen LogP contribution in [0.5, 0.6) is 0 Å². The molecule has 0 aromatic heterocycles. The molecule has 5 nitrogen and oxygen atoms in total. The molecule has 1 heterocycles. The van der Waals surface area contributed by atoms with Crippen LogP contribution in [0.1, 0.15) is 26.2 Å². The number of methoxy groups -OCH3 is 1. The highest BCUT2D eigenvalue weighted by Crippen LogP contribution is 2.15. The van der Waals surface area contributed by atoms with Gasteiger partial charge in [0.15, 0.2) is 0 Å². The summed E-state index contributed by atoms with van der Waals surface area (Å²) >= 11 is 0. The molecule has 1 aliphatic heterocycles. The molecule has 0 bridgehead atoms. The van der Waals surface area contributed by atoms with E-state index in [2.05, 4.69) is 10.2 Å². The number of hydrogen-bond donors (Lipinski definition) is 2. The smallest absolute Gasteiger partial charge is 0.221 e. The first kappa shape index (κ1) is 21.2. The first-order chi connectivity index (χ1) is 8.13. The standard InChI is InChI=1S/C12H25N3O2.2ClH/c1-10(13)8-12(16)14-9-11-4-3-5-15(11)6-7-17-2;;/h10-11H,3-9,13H2,1-2H3,(H,14,16);2*1H. The van der Waals surface area contributed by atoms with Crippen molar-refractivity contribution in [1.82, 2.24) is 10.2 Å². The van der Waals surface area contributed by atoms with E-state index in [0.29, 0.717) is 12.5 Å². The van der Waals surface area contributed by atoms with Crippen LogP contribution in [-0.2, 0) is 9.53 Å². The minimum atomic E-state index is -0.0665. The molecule has 1 amide bonds. The zero-order valence-corrected chi connectivity index (χ0v) is 13.4. The fraction of sp³-hybridized carbons (Fsp3) is 0.917. The van der Waals surface area contributed by atoms with Crippen molar-refractivity contribution in [2.45, 2.75) is 38.3 Å². The number of likely N-dealkylation sites (tertiary alicyclic amines) is 1. The third-order valence-electron chi connectivity index (χ3n) is 3.12. The summed E-state index contributed by atoms with van der Waals surface area (Å²) < 4.78 is 5.08. The highest BCUT2D eigenvalue weighted by atomic mass is 35.5. The van der Waals surface area contributed by atoms with E-state index in [0.717, 1.165) is 32.7 Å². The molecule has 0 aromatic carbocycles. The van der Waals surface area contributed by atoms with Gasteiger partial charge in [-0.1, -0.05) is 0 Å². The Morgan fingerprint density at radius 2 is 2.21 bits per heavy atom. The Labute approximate surface area is 128 Å². The monoisotopic (exact) mass is 315 g/mol. The summed E-state index contributed by atoms with van der Waals surface area (Å²) in [5.74, 6) is 0.0543. The molecule has 1 fully saturated rings. The van der Waals surface area contributed by atoms with Gasteiger partial charge in [0.05, 0.1) is 6.61 Å². The van der Waals surface area contributed by atoms with Crippen LogP contribution in [0, 0.1) is 0 Å². The molecule has 2 unspecified atom stereocenters. The van der Waals surface area contributed by atoms with Gasteiger partial charge in [-0.15, -0.1) is 24.8 Å². The highest BCUT2D eigenvalue weighted by Gasteiger charge is 2.24. The summed E-state index contributed by atoms with van der Waals surface area (Å²) in [6.07, 6.45) is 2.77. The molecule has 0 spiro atoms. The maximum Gasteiger partial charge on any atom is 0.221 e. The van der Waals surface area contributed by atoms with Crippen molar-refractivity contribution < 1.29 is 9.53 Å². The summed E-state index contributed by atoms with van der Waals surface area (Å²) in [6, 6.07) is 0.394. The molecule has 3 N–H and O–H groups in total. The SMILES string of the molecule is COCCN1CCCC1CNC(=O)CC(C)N.Cl.Cl. The number of ether oxygens (including phenoxy) is 1. The summed E-state index contributed by atoms with van der Waals surface area (Å²) in [5.41, 5.74) is 5.58.